The maximum atomic E-state index is 11.6. The van der Waals surface area contributed by atoms with Crippen molar-refractivity contribution in [1.82, 2.24) is 0 Å². The van der Waals surface area contributed by atoms with Crippen molar-refractivity contribution in [2.75, 3.05) is 13.2 Å². The molecule has 55 heavy (non-hydrogen) atoms. The van der Waals surface area contributed by atoms with Crippen LogP contribution in [0, 0.1) is 45.3 Å². The molecule has 0 spiro atoms. The van der Waals surface area contributed by atoms with Crippen LogP contribution in [0.15, 0.2) is 23.3 Å². The SMILES string of the molecule is CC(C)=CC/C=C(/C)[C@H]1CC[C@]2(C)[C@@H]1[C@H](O[C@@H]1O[C@H](CO)[C@@H](O)[C@H](O)[C@H]1O)C[C@@H]1[C@@]3(C)CC[C@H](O)C(C)(C)[C@@H]3[C@@H](O[C@@H]3O[C@H](CO)[C@@H](O)[C@H](O)[C@H]3O)C[C@]12C. The molecule has 0 aromatic rings. The number of rotatable bonds is 9. The van der Waals surface area contributed by atoms with E-state index in [1.54, 1.807) is 0 Å². The maximum absolute atomic E-state index is 11.6. The molecule has 2 saturated heterocycles. The van der Waals surface area contributed by atoms with E-state index in [4.69, 9.17) is 18.9 Å². The van der Waals surface area contributed by atoms with Gasteiger partial charge in [0.05, 0.1) is 31.5 Å². The van der Waals surface area contributed by atoms with Gasteiger partial charge in [-0.3, -0.25) is 0 Å². The Morgan fingerprint density at radius 1 is 0.673 bits per heavy atom. The van der Waals surface area contributed by atoms with E-state index >= 15 is 0 Å². The minimum Gasteiger partial charge on any atom is -0.394 e. The average molecular weight is 783 g/mol. The molecule has 0 unspecified atom stereocenters. The zero-order valence-electron chi connectivity index (χ0n) is 34.0. The van der Waals surface area contributed by atoms with Gasteiger partial charge in [-0.15, -0.1) is 0 Å². The third-order valence-corrected chi connectivity index (χ3v) is 16.1. The molecule has 2 heterocycles. The summed E-state index contributed by atoms with van der Waals surface area (Å²) in [5.74, 6) is -0.205. The van der Waals surface area contributed by atoms with Crippen LogP contribution in [0.25, 0.3) is 0 Å². The number of ether oxygens (including phenoxy) is 4. The van der Waals surface area contributed by atoms with Crippen LogP contribution >= 0.6 is 0 Å². The first kappa shape index (κ1) is 43.5. The van der Waals surface area contributed by atoms with E-state index in [1.807, 2.05) is 13.8 Å². The summed E-state index contributed by atoms with van der Waals surface area (Å²) >= 11 is 0. The van der Waals surface area contributed by atoms with Gasteiger partial charge in [-0.2, -0.15) is 0 Å². The Kier molecular flexibility index (Phi) is 12.6. The molecule has 2 aliphatic heterocycles. The number of allylic oxidation sites excluding steroid dienone is 4. The summed E-state index contributed by atoms with van der Waals surface area (Å²) in [7, 11) is 0. The molecule has 13 nitrogen and oxygen atoms in total. The highest BCUT2D eigenvalue weighted by Crippen LogP contribution is 2.76. The summed E-state index contributed by atoms with van der Waals surface area (Å²) in [5, 5.41) is 96.6. The second-order valence-electron chi connectivity index (χ2n) is 19.6. The van der Waals surface area contributed by atoms with Crippen LogP contribution in [0.4, 0.5) is 0 Å². The largest absolute Gasteiger partial charge is 0.394 e. The summed E-state index contributed by atoms with van der Waals surface area (Å²) in [5.41, 5.74) is 0.590. The fourth-order valence-corrected chi connectivity index (χ4v) is 13.0. The zero-order chi connectivity index (χ0) is 40.6. The first-order valence-electron chi connectivity index (χ1n) is 20.6. The van der Waals surface area contributed by atoms with Gasteiger partial charge in [0.15, 0.2) is 12.6 Å². The Balaban J connectivity index is 1.44. The smallest absolute Gasteiger partial charge is 0.186 e. The molecule has 6 aliphatic rings. The van der Waals surface area contributed by atoms with E-state index in [-0.39, 0.29) is 29.1 Å². The van der Waals surface area contributed by atoms with Gasteiger partial charge in [-0.25, -0.2) is 0 Å². The molecule has 20 atom stereocenters. The molecule has 0 bridgehead atoms. The Bertz CT molecular complexity index is 1410. The number of hydrogen-bond acceptors (Lipinski definition) is 13. The van der Waals surface area contributed by atoms with Gasteiger partial charge in [0.2, 0.25) is 0 Å². The van der Waals surface area contributed by atoms with Crippen LogP contribution in [-0.4, -0.2) is 139 Å². The minimum atomic E-state index is -1.59. The quantitative estimate of drug-likeness (QED) is 0.121. The average Bonchev–Trinajstić information content (AvgIpc) is 3.50. The number of aliphatic hydroxyl groups excluding tert-OH is 9. The Labute approximate surface area is 326 Å². The zero-order valence-corrected chi connectivity index (χ0v) is 34.0. The minimum absolute atomic E-state index is 0.0104. The van der Waals surface area contributed by atoms with Gasteiger partial charge in [-0.1, -0.05) is 57.9 Å². The molecule has 316 valence electrons. The highest BCUT2D eigenvalue weighted by molar-refractivity contribution is 5.24. The van der Waals surface area contributed by atoms with Crippen molar-refractivity contribution in [3.63, 3.8) is 0 Å². The number of hydrogen-bond donors (Lipinski definition) is 9. The standard InChI is InChI=1S/C42H70O13/c1-20(2)10-9-11-21(3)22-12-15-41(7)29(22)23(52-37-34(50)32(48)30(46)25(18-43)54-37)16-27-40(6)14-13-28(45)39(4,5)36(40)24(17-42(27,41)8)53-38-35(51)33(49)31(47)26(19-44)55-38/h10-11,22-38,43-51H,9,12-19H2,1-8H3/b21-11-/t22-,23-,24+,25-,26-,27-,28+,29+,30-,31-,32+,33+,34-,35-,36+,37-,38-,40-,41-,42-/m1/s1. The number of fused-ring (bicyclic) bond motifs is 5. The normalized spacial score (nSPS) is 52.5. The van der Waals surface area contributed by atoms with E-state index in [0.29, 0.717) is 25.7 Å². The molecule has 0 aromatic carbocycles. The molecule has 0 amide bonds. The van der Waals surface area contributed by atoms with E-state index in [1.165, 1.54) is 11.1 Å². The summed E-state index contributed by atoms with van der Waals surface area (Å²) in [6, 6.07) is 0. The Hall–Kier alpha value is -1.04. The van der Waals surface area contributed by atoms with Crippen molar-refractivity contribution in [1.29, 1.82) is 0 Å². The molecular weight excluding hydrogens is 712 g/mol. The van der Waals surface area contributed by atoms with Crippen LogP contribution in [0.1, 0.15) is 100 Å². The van der Waals surface area contributed by atoms with Crippen LogP contribution in [0.2, 0.25) is 0 Å². The summed E-state index contributed by atoms with van der Waals surface area (Å²) in [6.07, 6.45) is -6.42. The van der Waals surface area contributed by atoms with Crippen molar-refractivity contribution in [2.45, 2.75) is 180 Å². The van der Waals surface area contributed by atoms with Crippen molar-refractivity contribution in [2.24, 2.45) is 45.3 Å². The van der Waals surface area contributed by atoms with Gasteiger partial charge in [-0.05, 0) is 111 Å². The molecular formula is C42H70O13. The molecule has 0 aromatic heterocycles. The Morgan fingerprint density at radius 3 is 1.75 bits per heavy atom. The van der Waals surface area contributed by atoms with Crippen molar-refractivity contribution in [3.05, 3.63) is 23.3 Å². The van der Waals surface area contributed by atoms with E-state index in [2.05, 4.69) is 53.7 Å². The van der Waals surface area contributed by atoms with Crippen LogP contribution < -0.4 is 0 Å². The van der Waals surface area contributed by atoms with Crippen molar-refractivity contribution < 1.29 is 64.9 Å². The number of aliphatic hydroxyl groups is 9. The molecule has 4 aliphatic carbocycles. The highest BCUT2D eigenvalue weighted by atomic mass is 16.7. The van der Waals surface area contributed by atoms with E-state index < -0.39 is 109 Å². The van der Waals surface area contributed by atoms with E-state index in [0.717, 1.165) is 19.3 Å². The Morgan fingerprint density at radius 2 is 1.22 bits per heavy atom. The molecule has 6 rings (SSSR count). The van der Waals surface area contributed by atoms with Gasteiger partial charge in [0, 0.05) is 0 Å². The van der Waals surface area contributed by atoms with Crippen molar-refractivity contribution >= 4 is 0 Å². The molecule has 13 heteroatoms. The fraction of sp³-hybridized carbons (Fsp3) is 0.905. The first-order chi connectivity index (χ1) is 25.7. The van der Waals surface area contributed by atoms with Gasteiger partial charge in [0.1, 0.15) is 48.8 Å². The molecule has 0 radical (unpaired) electrons. The molecule has 6 fully saturated rings. The van der Waals surface area contributed by atoms with Gasteiger partial charge in [0.25, 0.3) is 0 Å². The highest BCUT2D eigenvalue weighted by Gasteiger charge is 2.73. The molecule has 9 N–H and O–H groups in total. The summed E-state index contributed by atoms with van der Waals surface area (Å²) < 4.78 is 25.7. The topological polar surface area (TPSA) is 219 Å². The lowest BCUT2D eigenvalue weighted by molar-refractivity contribution is -0.356. The summed E-state index contributed by atoms with van der Waals surface area (Å²) in [6.45, 7) is 16.2. The third kappa shape index (κ3) is 7.12. The van der Waals surface area contributed by atoms with Crippen LogP contribution in [0.3, 0.4) is 0 Å². The predicted molar refractivity (Wildman–Crippen MR) is 201 cm³/mol. The van der Waals surface area contributed by atoms with Crippen molar-refractivity contribution in [3.8, 4) is 0 Å². The first-order valence-corrected chi connectivity index (χ1v) is 20.6. The predicted octanol–water partition coefficient (Wildman–Crippen LogP) is 1.93. The third-order valence-electron chi connectivity index (χ3n) is 16.1. The fourth-order valence-electron chi connectivity index (χ4n) is 13.0. The second-order valence-corrected chi connectivity index (χ2v) is 19.6. The maximum Gasteiger partial charge on any atom is 0.186 e. The summed E-state index contributed by atoms with van der Waals surface area (Å²) in [4.78, 5) is 0. The van der Waals surface area contributed by atoms with Gasteiger partial charge >= 0.3 is 0 Å². The van der Waals surface area contributed by atoms with Gasteiger partial charge < -0.3 is 64.9 Å². The van der Waals surface area contributed by atoms with E-state index in [9.17, 15) is 46.0 Å². The monoisotopic (exact) mass is 782 g/mol. The second kappa shape index (κ2) is 15.9. The van der Waals surface area contributed by atoms with Crippen LogP contribution in [-0.2, 0) is 18.9 Å². The lowest BCUT2D eigenvalue weighted by Crippen LogP contribution is -2.71. The molecule has 4 saturated carbocycles. The lowest BCUT2D eigenvalue weighted by Gasteiger charge is -2.72. The van der Waals surface area contributed by atoms with Crippen LogP contribution in [0.5, 0.6) is 0 Å². The lowest BCUT2D eigenvalue weighted by atomic mass is 9.34.